The molecule has 1 aliphatic rings. The number of hydrogen-bond acceptors (Lipinski definition) is 6. The summed E-state index contributed by atoms with van der Waals surface area (Å²) >= 11 is 0. The molecule has 1 heterocycles. The van der Waals surface area contributed by atoms with Crippen LogP contribution in [0.3, 0.4) is 0 Å². The van der Waals surface area contributed by atoms with Crippen LogP contribution < -0.4 is 22.1 Å². The average molecular weight is 431 g/mol. The maximum Gasteiger partial charge on any atom is 0.326 e. The van der Waals surface area contributed by atoms with E-state index >= 15 is 0 Å². The number of nitrogens with one attached hydrogen (secondary N) is 3. The number of unbranched alkanes of at least 4 members (excludes halogenated alkanes) is 1. The number of aliphatic carboxylic acids is 1. The molecule has 10 heteroatoms. The van der Waals surface area contributed by atoms with Gasteiger partial charge in [-0.15, -0.1) is 0 Å². The van der Waals surface area contributed by atoms with E-state index in [0.29, 0.717) is 36.9 Å². The molecule has 1 fully saturated rings. The molecule has 1 amide bonds. The highest BCUT2D eigenvalue weighted by molar-refractivity contribution is 6.44. The summed E-state index contributed by atoms with van der Waals surface area (Å²) < 4.78 is 0. The van der Waals surface area contributed by atoms with Gasteiger partial charge in [-0.3, -0.25) is 20.0 Å². The van der Waals surface area contributed by atoms with Crippen molar-refractivity contribution in [2.75, 3.05) is 13.1 Å². The van der Waals surface area contributed by atoms with Crippen molar-refractivity contribution >= 4 is 29.3 Å². The van der Waals surface area contributed by atoms with E-state index in [9.17, 15) is 19.5 Å². The molecular formula is C21H30N6O4. The summed E-state index contributed by atoms with van der Waals surface area (Å²) in [5.41, 5.74) is 11.5. The van der Waals surface area contributed by atoms with E-state index < -0.39 is 12.0 Å². The molecule has 0 aromatic heterocycles. The first-order chi connectivity index (χ1) is 14.8. The second-order valence-corrected chi connectivity index (χ2v) is 7.51. The number of carbonyl (C=O) groups is 3. The Kier molecular flexibility index (Phi) is 9.13. The molecule has 0 aliphatic carbocycles. The first-order valence-corrected chi connectivity index (χ1v) is 10.3. The Morgan fingerprint density at radius 2 is 1.94 bits per heavy atom. The molecular weight excluding hydrogens is 400 g/mol. The van der Waals surface area contributed by atoms with E-state index in [-0.39, 0.29) is 42.2 Å². The van der Waals surface area contributed by atoms with E-state index in [0.717, 1.165) is 13.0 Å². The van der Waals surface area contributed by atoms with Gasteiger partial charge in [0.15, 0.2) is 11.7 Å². The predicted octanol–water partition coefficient (Wildman–Crippen LogP) is -0.0688. The summed E-state index contributed by atoms with van der Waals surface area (Å²) in [4.78, 5) is 39.8. The number of nitrogens with zero attached hydrogens (tertiary/aromatic N) is 1. The highest BCUT2D eigenvalue weighted by Gasteiger charge is 2.27. The van der Waals surface area contributed by atoms with Gasteiger partial charge in [-0.05, 0) is 37.8 Å². The molecule has 0 bridgehead atoms. The van der Waals surface area contributed by atoms with Crippen LogP contribution in [0.2, 0.25) is 0 Å². The minimum absolute atomic E-state index is 0.0130. The molecule has 10 nitrogen and oxygen atoms in total. The monoisotopic (exact) mass is 430 g/mol. The van der Waals surface area contributed by atoms with E-state index in [1.165, 1.54) is 0 Å². The summed E-state index contributed by atoms with van der Waals surface area (Å²) in [5, 5.41) is 23.2. The molecule has 8 N–H and O–H groups in total. The second-order valence-electron chi connectivity index (χ2n) is 7.51. The molecule has 1 aromatic rings. The number of carboxylic acid groups (broad SMARTS) is 1. The maximum absolute atomic E-state index is 12.2. The van der Waals surface area contributed by atoms with Crippen molar-refractivity contribution in [1.82, 2.24) is 10.6 Å². The molecule has 0 spiro atoms. The Hall–Kier alpha value is -3.27. The van der Waals surface area contributed by atoms with Crippen LogP contribution in [0.5, 0.6) is 0 Å². The molecule has 31 heavy (non-hydrogen) atoms. The highest BCUT2D eigenvalue weighted by atomic mass is 16.4. The van der Waals surface area contributed by atoms with Gasteiger partial charge in [0.2, 0.25) is 5.91 Å². The van der Waals surface area contributed by atoms with Crippen molar-refractivity contribution in [2.24, 2.45) is 16.5 Å². The smallest absolute Gasteiger partial charge is 0.326 e. The molecule has 1 aliphatic heterocycles. The van der Waals surface area contributed by atoms with Gasteiger partial charge >= 0.3 is 5.97 Å². The molecule has 1 saturated heterocycles. The average Bonchev–Trinajstić information content (AvgIpc) is 3.27. The first kappa shape index (κ1) is 24.0. The van der Waals surface area contributed by atoms with E-state index in [1.807, 2.05) is 0 Å². The largest absolute Gasteiger partial charge is 0.480 e. The molecule has 2 unspecified atom stereocenters. The van der Waals surface area contributed by atoms with Gasteiger partial charge in [0.1, 0.15) is 11.8 Å². The quantitative estimate of drug-likeness (QED) is 0.152. The topological polar surface area (TPSA) is 184 Å². The van der Waals surface area contributed by atoms with Crippen molar-refractivity contribution < 1.29 is 19.5 Å². The van der Waals surface area contributed by atoms with Crippen molar-refractivity contribution in [3.05, 3.63) is 35.4 Å². The number of ketones is 1. The van der Waals surface area contributed by atoms with Crippen LogP contribution in [-0.2, 0) is 20.8 Å². The number of amides is 1. The van der Waals surface area contributed by atoms with Crippen molar-refractivity contribution in [2.45, 2.75) is 50.6 Å². The Bertz CT molecular complexity index is 827. The zero-order valence-electron chi connectivity index (χ0n) is 17.4. The van der Waals surface area contributed by atoms with Gasteiger partial charge in [0, 0.05) is 24.9 Å². The van der Waals surface area contributed by atoms with Gasteiger partial charge in [0.05, 0.1) is 6.04 Å². The molecule has 168 valence electrons. The number of aliphatic imine (C=N–C) groups is 1. The van der Waals surface area contributed by atoms with Crippen molar-refractivity contribution in [3.8, 4) is 0 Å². The van der Waals surface area contributed by atoms with Crippen LogP contribution in [0.4, 0.5) is 0 Å². The fourth-order valence-electron chi connectivity index (χ4n) is 3.32. The Morgan fingerprint density at radius 3 is 2.52 bits per heavy atom. The van der Waals surface area contributed by atoms with Crippen LogP contribution >= 0.6 is 0 Å². The van der Waals surface area contributed by atoms with Crippen LogP contribution in [0.15, 0.2) is 29.3 Å². The van der Waals surface area contributed by atoms with E-state index in [1.54, 1.807) is 24.3 Å². The number of Topliss-reactive ketones (excluding diaryl/α,β-unsaturated/α-hetero) is 1. The Labute approximate surface area is 181 Å². The number of rotatable bonds is 12. The highest BCUT2D eigenvalue weighted by Crippen LogP contribution is 2.11. The van der Waals surface area contributed by atoms with Crippen LogP contribution in [0, 0.1) is 5.41 Å². The fraction of sp³-hybridized carbons (Fsp3) is 0.476. The van der Waals surface area contributed by atoms with Gasteiger partial charge in [-0.2, -0.15) is 0 Å². The maximum atomic E-state index is 12.2. The summed E-state index contributed by atoms with van der Waals surface area (Å²) in [5.74, 6) is -1.69. The lowest BCUT2D eigenvalue weighted by molar-refractivity contribution is -0.142. The Morgan fingerprint density at radius 1 is 1.23 bits per heavy atom. The van der Waals surface area contributed by atoms with Crippen molar-refractivity contribution in [3.63, 3.8) is 0 Å². The van der Waals surface area contributed by atoms with E-state index in [2.05, 4.69) is 15.6 Å². The molecule has 1 aromatic carbocycles. The van der Waals surface area contributed by atoms with Gasteiger partial charge in [0.25, 0.3) is 0 Å². The number of carbonyl (C=O) groups excluding carboxylic acids is 2. The molecule has 0 radical (unpaired) electrons. The van der Waals surface area contributed by atoms with Crippen LogP contribution in [0.25, 0.3) is 0 Å². The summed E-state index contributed by atoms with van der Waals surface area (Å²) in [6.45, 7) is 1.19. The van der Waals surface area contributed by atoms with Crippen LogP contribution in [-0.4, -0.2) is 59.6 Å². The third-order valence-electron chi connectivity index (χ3n) is 5.06. The minimum Gasteiger partial charge on any atom is -0.480 e. The zero-order valence-corrected chi connectivity index (χ0v) is 17.4. The third-order valence-corrected chi connectivity index (χ3v) is 5.06. The van der Waals surface area contributed by atoms with Crippen molar-refractivity contribution in [1.29, 1.82) is 5.41 Å². The van der Waals surface area contributed by atoms with Crippen LogP contribution in [0.1, 0.15) is 43.2 Å². The lowest BCUT2D eigenvalue weighted by Crippen LogP contribution is -2.49. The third kappa shape index (κ3) is 7.82. The summed E-state index contributed by atoms with van der Waals surface area (Å²) in [6.07, 6.45) is 3.14. The standard InChI is InChI=1S/C21H30N6O4/c22-18(17(28)5-1-2-10-26-21(23)24)14-8-6-13(7-9-14)12-16(20(30)31)27-19(29)15-4-3-11-25-15/h6-9,15-16,22,25H,1-5,10-12H2,(H,27,29)(H,30,31)(H4,23,24,26). The predicted molar refractivity (Wildman–Crippen MR) is 117 cm³/mol. The summed E-state index contributed by atoms with van der Waals surface area (Å²) in [6, 6.07) is 5.18. The molecule has 0 saturated carbocycles. The SMILES string of the molecule is N=C(C(=O)CCCCN=C(N)N)c1ccc(CC(NC(=O)C2CCCN2)C(=O)O)cc1. The van der Waals surface area contributed by atoms with E-state index in [4.69, 9.17) is 16.9 Å². The number of hydrogen-bond donors (Lipinski definition) is 6. The molecule has 2 rings (SSSR count). The summed E-state index contributed by atoms with van der Waals surface area (Å²) in [7, 11) is 0. The minimum atomic E-state index is -1.11. The lowest BCUT2D eigenvalue weighted by Gasteiger charge is -2.18. The lowest BCUT2D eigenvalue weighted by atomic mass is 9.99. The number of benzene rings is 1. The zero-order chi connectivity index (χ0) is 22.8. The van der Waals surface area contributed by atoms with Gasteiger partial charge in [-0.25, -0.2) is 4.79 Å². The fourth-order valence-corrected chi connectivity index (χ4v) is 3.32. The second kappa shape index (κ2) is 11.8. The Balaban J connectivity index is 1.88. The first-order valence-electron chi connectivity index (χ1n) is 10.3. The number of carboxylic acids is 1. The number of guanidine groups is 1. The normalized spacial score (nSPS) is 16.3. The van der Waals surface area contributed by atoms with Gasteiger partial charge in [-0.1, -0.05) is 24.3 Å². The van der Waals surface area contributed by atoms with Gasteiger partial charge < -0.3 is 27.2 Å². The molecule has 2 atom stereocenters. The number of nitrogens with two attached hydrogens (primary N) is 2.